The van der Waals surface area contributed by atoms with Gasteiger partial charge in [0.15, 0.2) is 0 Å². The number of benzene rings is 2. The highest BCUT2D eigenvalue weighted by Crippen LogP contribution is 2.18. The summed E-state index contributed by atoms with van der Waals surface area (Å²) in [5.74, 6) is 0.731. The summed E-state index contributed by atoms with van der Waals surface area (Å²) in [6.45, 7) is 0.579. The van der Waals surface area contributed by atoms with Gasteiger partial charge in [-0.15, -0.1) is 0 Å². The molecule has 2 aromatic carbocycles. The van der Waals surface area contributed by atoms with E-state index in [-0.39, 0.29) is 11.6 Å². The van der Waals surface area contributed by atoms with E-state index < -0.39 is 0 Å². The molecule has 1 aromatic heterocycles. The predicted octanol–water partition coefficient (Wildman–Crippen LogP) is 2.61. The van der Waals surface area contributed by atoms with Crippen molar-refractivity contribution in [3.8, 4) is 11.4 Å². The third kappa shape index (κ3) is 3.79. The number of nitrogens with one attached hydrogen (secondary N) is 2. The summed E-state index contributed by atoms with van der Waals surface area (Å²) in [6.07, 6.45) is 0. The Balaban J connectivity index is 1.79. The van der Waals surface area contributed by atoms with Gasteiger partial charge in [-0.3, -0.25) is 9.99 Å². The fourth-order valence-electron chi connectivity index (χ4n) is 2.19. The Labute approximate surface area is 144 Å². The molecule has 0 saturated heterocycles. The number of nitrogens with zero attached hydrogens (tertiary/aromatic N) is 3. The van der Waals surface area contributed by atoms with Crippen LogP contribution in [0.2, 0.25) is 5.02 Å². The molecule has 24 heavy (non-hydrogen) atoms. The van der Waals surface area contributed by atoms with E-state index in [4.69, 9.17) is 11.6 Å². The molecule has 2 N–H and O–H groups in total. The third-order valence-electron chi connectivity index (χ3n) is 3.46. The van der Waals surface area contributed by atoms with Crippen LogP contribution in [0.15, 0.2) is 59.4 Å². The minimum absolute atomic E-state index is 0.221. The van der Waals surface area contributed by atoms with Crippen molar-refractivity contribution >= 4 is 17.5 Å². The minimum Gasteiger partial charge on any atom is -0.289 e. The molecular formula is C17H16ClN5O. The summed E-state index contributed by atoms with van der Waals surface area (Å²) >= 11 is 5.90. The minimum atomic E-state index is -0.390. The molecule has 0 amide bonds. The topological polar surface area (TPSA) is 71.8 Å². The molecule has 122 valence electrons. The maximum Gasteiger partial charge on any atom is 0.352 e. The lowest BCUT2D eigenvalue weighted by Gasteiger charge is -2.11. The largest absolute Gasteiger partial charge is 0.352 e. The van der Waals surface area contributed by atoms with E-state index in [0.717, 1.165) is 11.1 Å². The Morgan fingerprint density at radius 1 is 1.04 bits per heavy atom. The average molecular weight is 342 g/mol. The Morgan fingerprint density at radius 3 is 2.46 bits per heavy atom. The highest BCUT2D eigenvalue weighted by molar-refractivity contribution is 6.30. The number of aromatic nitrogens is 3. The van der Waals surface area contributed by atoms with Gasteiger partial charge in [-0.2, -0.15) is 9.97 Å². The number of hydrazine groups is 1. The summed E-state index contributed by atoms with van der Waals surface area (Å²) in [5.41, 5.74) is 7.38. The Bertz CT molecular complexity index is 878. The molecule has 0 saturated carbocycles. The summed E-state index contributed by atoms with van der Waals surface area (Å²) in [4.78, 5) is 20.4. The molecule has 1 heterocycles. The second-order valence-corrected chi connectivity index (χ2v) is 5.62. The van der Waals surface area contributed by atoms with Gasteiger partial charge >= 0.3 is 5.69 Å². The quantitative estimate of drug-likeness (QED) is 0.698. The summed E-state index contributed by atoms with van der Waals surface area (Å²) in [7, 11) is 1.63. The molecule has 0 spiro atoms. The first-order valence-corrected chi connectivity index (χ1v) is 7.75. The predicted molar refractivity (Wildman–Crippen MR) is 94.6 cm³/mol. The van der Waals surface area contributed by atoms with Gasteiger partial charge in [0.25, 0.3) is 0 Å². The van der Waals surface area contributed by atoms with Crippen molar-refractivity contribution in [2.24, 2.45) is 7.05 Å². The van der Waals surface area contributed by atoms with E-state index >= 15 is 0 Å². The van der Waals surface area contributed by atoms with Crippen LogP contribution in [0.4, 0.5) is 5.95 Å². The van der Waals surface area contributed by atoms with Crippen molar-refractivity contribution in [3.63, 3.8) is 0 Å². The molecule has 3 aromatic rings. The first-order valence-electron chi connectivity index (χ1n) is 7.37. The molecule has 6 nitrogen and oxygen atoms in total. The van der Waals surface area contributed by atoms with Crippen LogP contribution in [-0.4, -0.2) is 14.5 Å². The van der Waals surface area contributed by atoms with Crippen molar-refractivity contribution in [3.05, 3.63) is 75.7 Å². The van der Waals surface area contributed by atoms with Crippen molar-refractivity contribution in [1.29, 1.82) is 0 Å². The molecule has 0 radical (unpaired) electrons. The number of halogens is 1. The van der Waals surface area contributed by atoms with E-state index in [2.05, 4.69) is 20.8 Å². The Morgan fingerprint density at radius 2 is 1.75 bits per heavy atom. The van der Waals surface area contributed by atoms with Gasteiger partial charge in [0.1, 0.15) is 5.82 Å². The van der Waals surface area contributed by atoms with E-state index in [1.165, 1.54) is 4.57 Å². The third-order valence-corrected chi connectivity index (χ3v) is 3.71. The van der Waals surface area contributed by atoms with Gasteiger partial charge in [0.2, 0.25) is 5.95 Å². The van der Waals surface area contributed by atoms with E-state index in [1.54, 1.807) is 19.2 Å². The van der Waals surface area contributed by atoms with Crippen LogP contribution >= 0.6 is 11.6 Å². The summed E-state index contributed by atoms with van der Waals surface area (Å²) in [5, 5.41) is 0.626. The standard InChI is InChI=1S/C17H16ClN5O/c1-23-15(13-7-9-14(18)10-8-13)20-16(21-17(23)24)22-19-11-12-5-3-2-4-6-12/h2-10,19H,11H2,1H3,(H,21,22,24). The van der Waals surface area contributed by atoms with Gasteiger partial charge in [-0.1, -0.05) is 41.9 Å². The van der Waals surface area contributed by atoms with Gasteiger partial charge in [-0.25, -0.2) is 10.2 Å². The van der Waals surface area contributed by atoms with Crippen LogP contribution in [0.3, 0.4) is 0 Å². The fraction of sp³-hybridized carbons (Fsp3) is 0.118. The van der Waals surface area contributed by atoms with Crippen molar-refractivity contribution < 1.29 is 0 Å². The highest BCUT2D eigenvalue weighted by Gasteiger charge is 2.09. The summed E-state index contributed by atoms with van der Waals surface area (Å²) < 4.78 is 1.39. The molecule has 0 aliphatic rings. The van der Waals surface area contributed by atoms with Gasteiger partial charge in [0, 0.05) is 24.2 Å². The number of anilines is 1. The lowest BCUT2D eigenvalue weighted by Crippen LogP contribution is -2.29. The van der Waals surface area contributed by atoms with Crippen molar-refractivity contribution in [2.75, 3.05) is 5.43 Å². The first-order chi connectivity index (χ1) is 11.6. The maximum absolute atomic E-state index is 12.1. The van der Waals surface area contributed by atoms with Crippen LogP contribution in [0.5, 0.6) is 0 Å². The Kier molecular flexibility index (Phi) is 4.88. The normalized spacial score (nSPS) is 10.6. The summed E-state index contributed by atoms with van der Waals surface area (Å²) in [6, 6.07) is 17.0. The zero-order valence-electron chi connectivity index (χ0n) is 13.0. The number of hydrogen-bond donors (Lipinski definition) is 2. The van der Waals surface area contributed by atoms with Gasteiger partial charge in [-0.05, 0) is 29.8 Å². The molecule has 7 heteroatoms. The van der Waals surface area contributed by atoms with E-state index in [9.17, 15) is 4.79 Å². The number of hydrogen-bond acceptors (Lipinski definition) is 5. The first kappa shape index (κ1) is 16.2. The molecule has 0 bridgehead atoms. The second-order valence-electron chi connectivity index (χ2n) is 5.18. The molecule has 3 rings (SSSR count). The smallest absolute Gasteiger partial charge is 0.289 e. The van der Waals surface area contributed by atoms with E-state index in [1.807, 2.05) is 42.5 Å². The Hall–Kier alpha value is -2.70. The molecule has 0 aliphatic heterocycles. The lowest BCUT2D eigenvalue weighted by molar-refractivity contribution is 0.747. The van der Waals surface area contributed by atoms with Crippen LogP contribution in [0.25, 0.3) is 11.4 Å². The van der Waals surface area contributed by atoms with Crippen LogP contribution in [0, 0.1) is 0 Å². The van der Waals surface area contributed by atoms with Crippen molar-refractivity contribution in [1.82, 2.24) is 20.0 Å². The average Bonchev–Trinajstić information content (AvgIpc) is 2.60. The van der Waals surface area contributed by atoms with Gasteiger partial charge in [0.05, 0.1) is 0 Å². The van der Waals surface area contributed by atoms with Crippen LogP contribution < -0.4 is 16.5 Å². The van der Waals surface area contributed by atoms with Crippen molar-refractivity contribution in [2.45, 2.75) is 6.54 Å². The fourth-order valence-corrected chi connectivity index (χ4v) is 2.32. The van der Waals surface area contributed by atoms with Crippen LogP contribution in [0.1, 0.15) is 5.56 Å². The number of rotatable bonds is 5. The zero-order valence-corrected chi connectivity index (χ0v) is 13.8. The molecular weight excluding hydrogens is 326 g/mol. The molecule has 0 unspecified atom stereocenters. The molecule has 0 atom stereocenters. The van der Waals surface area contributed by atoms with Gasteiger partial charge < -0.3 is 0 Å². The highest BCUT2D eigenvalue weighted by atomic mass is 35.5. The maximum atomic E-state index is 12.1. The molecule has 0 fully saturated rings. The SMILES string of the molecule is Cn1c(-c2ccc(Cl)cc2)nc(NNCc2ccccc2)nc1=O. The monoisotopic (exact) mass is 341 g/mol. The van der Waals surface area contributed by atoms with E-state index in [0.29, 0.717) is 17.4 Å². The van der Waals surface area contributed by atoms with Crippen LogP contribution in [-0.2, 0) is 13.6 Å². The lowest BCUT2D eigenvalue weighted by atomic mass is 10.2. The zero-order chi connectivity index (χ0) is 16.9. The molecule has 0 aliphatic carbocycles. The second kappa shape index (κ2) is 7.25.